The summed E-state index contributed by atoms with van der Waals surface area (Å²) in [4.78, 5) is 13.9. The summed E-state index contributed by atoms with van der Waals surface area (Å²) in [6.07, 6.45) is 0. The van der Waals surface area contributed by atoms with Gasteiger partial charge in [0.05, 0.1) is 7.11 Å². The van der Waals surface area contributed by atoms with Gasteiger partial charge in [-0.1, -0.05) is 12.1 Å². The van der Waals surface area contributed by atoms with Crippen LogP contribution in [0.3, 0.4) is 0 Å². The van der Waals surface area contributed by atoms with Crippen LogP contribution in [0.5, 0.6) is 11.5 Å². The zero-order chi connectivity index (χ0) is 20.9. The third-order valence-corrected chi connectivity index (χ3v) is 5.32. The summed E-state index contributed by atoms with van der Waals surface area (Å²) in [5.74, 6) is -0.281. The zero-order valence-corrected chi connectivity index (χ0v) is 16.3. The highest BCUT2D eigenvalue weighted by Gasteiger charge is 2.21. The van der Waals surface area contributed by atoms with Crippen LogP contribution in [0.4, 0.5) is 8.78 Å². The molecular formula is C18H20F2N2O5S. The Hall–Kier alpha value is -2.72. The molecule has 0 saturated heterocycles. The summed E-state index contributed by atoms with van der Waals surface area (Å²) in [5, 5.41) is 0. The summed E-state index contributed by atoms with van der Waals surface area (Å²) >= 11 is 0. The van der Waals surface area contributed by atoms with Gasteiger partial charge in [-0.15, -0.1) is 0 Å². The average Bonchev–Trinajstić information content (AvgIpc) is 2.67. The van der Waals surface area contributed by atoms with Crippen molar-refractivity contribution in [2.75, 3.05) is 21.2 Å². The van der Waals surface area contributed by atoms with E-state index < -0.39 is 22.5 Å². The van der Waals surface area contributed by atoms with E-state index in [4.69, 9.17) is 4.74 Å². The van der Waals surface area contributed by atoms with Crippen molar-refractivity contribution in [2.45, 2.75) is 18.1 Å². The van der Waals surface area contributed by atoms with E-state index >= 15 is 0 Å². The van der Waals surface area contributed by atoms with Gasteiger partial charge in [0.15, 0.2) is 0 Å². The molecule has 0 unspecified atom stereocenters. The molecule has 1 amide bonds. The monoisotopic (exact) mass is 414 g/mol. The number of methoxy groups -OCH3 is 1. The molecule has 7 nitrogen and oxygen atoms in total. The molecule has 2 aromatic carbocycles. The fourth-order valence-corrected chi connectivity index (χ4v) is 3.39. The molecule has 10 heteroatoms. The van der Waals surface area contributed by atoms with E-state index in [1.165, 1.54) is 49.4 Å². The van der Waals surface area contributed by atoms with Gasteiger partial charge in [0.2, 0.25) is 10.0 Å². The Morgan fingerprint density at radius 1 is 1.18 bits per heavy atom. The molecule has 0 aliphatic carbocycles. The number of hydrogen-bond donors (Lipinski definition) is 1. The maximum Gasteiger partial charge on any atom is 0.387 e. The lowest BCUT2D eigenvalue weighted by atomic mass is 10.1. The maximum absolute atomic E-state index is 12.7. The van der Waals surface area contributed by atoms with Crippen LogP contribution in [-0.2, 0) is 16.6 Å². The van der Waals surface area contributed by atoms with Crippen LogP contribution < -0.4 is 14.2 Å². The van der Waals surface area contributed by atoms with Crippen LogP contribution in [-0.4, -0.2) is 47.0 Å². The molecule has 0 spiro atoms. The molecule has 28 heavy (non-hydrogen) atoms. The van der Waals surface area contributed by atoms with Crippen molar-refractivity contribution in [1.29, 1.82) is 0 Å². The van der Waals surface area contributed by atoms with Crippen molar-refractivity contribution in [3.05, 3.63) is 53.6 Å². The minimum atomic E-state index is -3.82. The Morgan fingerprint density at radius 3 is 2.36 bits per heavy atom. The first-order valence-corrected chi connectivity index (χ1v) is 9.57. The molecule has 1 N–H and O–H groups in total. The Morgan fingerprint density at radius 2 is 1.82 bits per heavy atom. The Labute approximate surface area is 161 Å². The van der Waals surface area contributed by atoms with Gasteiger partial charge in [-0.2, -0.15) is 8.78 Å². The highest BCUT2D eigenvalue weighted by atomic mass is 32.2. The zero-order valence-electron chi connectivity index (χ0n) is 15.5. The van der Waals surface area contributed by atoms with E-state index in [2.05, 4.69) is 9.46 Å². The molecule has 0 aromatic heterocycles. The molecule has 0 heterocycles. The first kappa shape index (κ1) is 21.6. The van der Waals surface area contributed by atoms with Crippen molar-refractivity contribution in [2.24, 2.45) is 0 Å². The van der Waals surface area contributed by atoms with Gasteiger partial charge in [0, 0.05) is 19.2 Å². The summed E-state index contributed by atoms with van der Waals surface area (Å²) in [7, 11) is 0.320. The van der Waals surface area contributed by atoms with Gasteiger partial charge in [0.1, 0.15) is 16.4 Å². The van der Waals surface area contributed by atoms with Crippen LogP contribution in [0.25, 0.3) is 0 Å². The number of halogens is 2. The number of hydrogen-bond acceptors (Lipinski definition) is 5. The summed E-state index contributed by atoms with van der Waals surface area (Å²) in [6, 6.07) is 9.99. The molecule has 0 atom stereocenters. The number of carbonyl (C=O) groups is 1. The number of nitrogens with zero attached hydrogens (tertiary/aromatic N) is 1. The number of nitrogens with one attached hydrogen (secondary N) is 1. The highest BCUT2D eigenvalue weighted by Crippen LogP contribution is 2.25. The van der Waals surface area contributed by atoms with E-state index in [9.17, 15) is 22.0 Å². The van der Waals surface area contributed by atoms with Crippen LogP contribution >= 0.6 is 0 Å². The lowest BCUT2D eigenvalue weighted by molar-refractivity contribution is -0.0498. The van der Waals surface area contributed by atoms with E-state index in [0.717, 1.165) is 0 Å². The number of amides is 1. The normalized spacial score (nSPS) is 11.4. The van der Waals surface area contributed by atoms with Crippen molar-refractivity contribution in [3.8, 4) is 11.5 Å². The third-order valence-electron chi connectivity index (χ3n) is 3.88. The predicted octanol–water partition coefficient (Wildman–Crippen LogP) is 2.48. The van der Waals surface area contributed by atoms with Gasteiger partial charge >= 0.3 is 6.61 Å². The first-order valence-electron chi connectivity index (χ1n) is 8.08. The summed E-state index contributed by atoms with van der Waals surface area (Å²) in [5.41, 5.74) is 0.851. The predicted molar refractivity (Wildman–Crippen MR) is 98.1 cm³/mol. The molecule has 0 aliphatic rings. The van der Waals surface area contributed by atoms with Crippen LogP contribution in [0, 0.1) is 0 Å². The minimum absolute atomic E-state index is 0.0183. The van der Waals surface area contributed by atoms with Gasteiger partial charge in [-0.3, -0.25) is 4.79 Å². The molecule has 0 radical (unpaired) electrons. The van der Waals surface area contributed by atoms with Crippen LogP contribution in [0.1, 0.15) is 15.9 Å². The molecular weight excluding hydrogens is 394 g/mol. The van der Waals surface area contributed by atoms with E-state index in [0.29, 0.717) is 5.56 Å². The fourth-order valence-electron chi connectivity index (χ4n) is 2.47. The Kier molecular flexibility index (Phi) is 6.92. The van der Waals surface area contributed by atoms with Gasteiger partial charge < -0.3 is 14.4 Å². The number of carbonyl (C=O) groups excluding carboxylic acids is 1. The van der Waals surface area contributed by atoms with Crippen LogP contribution in [0.15, 0.2) is 47.4 Å². The van der Waals surface area contributed by atoms with E-state index in [1.807, 2.05) is 0 Å². The molecule has 152 valence electrons. The molecule has 0 fully saturated rings. The number of sulfonamides is 1. The summed E-state index contributed by atoms with van der Waals surface area (Å²) < 4.78 is 60.2. The van der Waals surface area contributed by atoms with E-state index in [-0.39, 0.29) is 28.5 Å². The first-order chi connectivity index (χ1) is 13.2. The standard InChI is InChI=1S/C18H20F2N2O5S/c1-21-28(24,25)16-10-13(6-9-15(16)26-3)17(23)22(2)11-12-4-7-14(8-5-12)27-18(19)20/h4-10,18,21H,11H2,1-3H3. The third kappa shape index (κ3) is 5.17. The second-order valence-electron chi connectivity index (χ2n) is 5.76. The van der Waals surface area contributed by atoms with Crippen molar-refractivity contribution >= 4 is 15.9 Å². The van der Waals surface area contributed by atoms with Crippen molar-refractivity contribution in [1.82, 2.24) is 9.62 Å². The topological polar surface area (TPSA) is 84.9 Å². The number of alkyl halides is 2. The van der Waals surface area contributed by atoms with Gasteiger partial charge in [-0.25, -0.2) is 13.1 Å². The Bertz CT molecular complexity index is 933. The quantitative estimate of drug-likeness (QED) is 0.717. The number of benzene rings is 2. The highest BCUT2D eigenvalue weighted by molar-refractivity contribution is 7.89. The molecule has 2 aromatic rings. The van der Waals surface area contributed by atoms with Gasteiger partial charge in [-0.05, 0) is 42.9 Å². The Balaban J connectivity index is 2.20. The second-order valence-corrected chi connectivity index (χ2v) is 7.61. The minimum Gasteiger partial charge on any atom is -0.495 e. The van der Waals surface area contributed by atoms with Crippen molar-refractivity contribution in [3.63, 3.8) is 0 Å². The second kappa shape index (κ2) is 8.98. The van der Waals surface area contributed by atoms with Crippen molar-refractivity contribution < 1.29 is 31.5 Å². The number of ether oxygens (including phenoxy) is 2. The SMILES string of the molecule is CNS(=O)(=O)c1cc(C(=O)N(C)Cc2ccc(OC(F)F)cc2)ccc1OC. The largest absolute Gasteiger partial charge is 0.495 e. The molecule has 0 aliphatic heterocycles. The molecule has 0 saturated carbocycles. The summed E-state index contributed by atoms with van der Waals surface area (Å²) in [6.45, 7) is -2.72. The van der Waals surface area contributed by atoms with E-state index in [1.54, 1.807) is 19.2 Å². The maximum atomic E-state index is 12.7. The van der Waals surface area contributed by atoms with Crippen LogP contribution in [0.2, 0.25) is 0 Å². The molecule has 0 bridgehead atoms. The molecule has 2 rings (SSSR count). The fraction of sp³-hybridized carbons (Fsp3) is 0.278. The smallest absolute Gasteiger partial charge is 0.387 e. The number of rotatable bonds is 8. The average molecular weight is 414 g/mol. The van der Waals surface area contributed by atoms with Gasteiger partial charge in [0.25, 0.3) is 5.91 Å². The lowest BCUT2D eigenvalue weighted by Crippen LogP contribution is -2.27. The lowest BCUT2D eigenvalue weighted by Gasteiger charge is -2.18.